The van der Waals surface area contributed by atoms with Crippen LogP contribution in [-0.2, 0) is 22.2 Å². The molecule has 0 fully saturated rings. The van der Waals surface area contributed by atoms with Crippen LogP contribution in [0.4, 0.5) is 24.5 Å². The van der Waals surface area contributed by atoms with Crippen molar-refractivity contribution in [2.45, 2.75) is 17.5 Å². The van der Waals surface area contributed by atoms with E-state index >= 15 is 0 Å². The largest absolute Gasteiger partial charge is 0.416 e. The summed E-state index contributed by atoms with van der Waals surface area (Å²) in [6.07, 6.45) is -4.30. The highest BCUT2D eigenvalue weighted by molar-refractivity contribution is 8.00. The Morgan fingerprint density at radius 3 is 2.34 bits per heavy atom. The number of thioether (sulfide) groups is 1. The molecule has 9 heteroatoms. The van der Waals surface area contributed by atoms with Gasteiger partial charge in [-0.05, 0) is 42.0 Å². The van der Waals surface area contributed by atoms with Crippen LogP contribution in [0.2, 0.25) is 5.02 Å². The summed E-state index contributed by atoms with van der Waals surface area (Å²) in [5, 5.41) is 5.23. The van der Waals surface area contributed by atoms with Crippen LogP contribution in [0.25, 0.3) is 0 Å². The highest BCUT2D eigenvalue weighted by atomic mass is 35.5. The summed E-state index contributed by atoms with van der Waals surface area (Å²) >= 11 is 7.09. The molecule has 0 aromatic heterocycles. The van der Waals surface area contributed by atoms with Gasteiger partial charge in [0.25, 0.3) is 0 Å². The summed E-state index contributed by atoms with van der Waals surface area (Å²) in [4.78, 5) is 25.2. The SMILES string of the molecule is O=C(Cc1ccccc1)Nc1cccc(SCC(=O)Nc2cc(C(F)(F)F)ccc2Cl)c1. The maximum absolute atomic E-state index is 12.9. The normalized spacial score (nSPS) is 11.1. The number of rotatable bonds is 7. The van der Waals surface area contributed by atoms with E-state index in [4.69, 9.17) is 11.6 Å². The van der Waals surface area contributed by atoms with Gasteiger partial charge in [0.05, 0.1) is 28.4 Å². The molecule has 2 amide bonds. The van der Waals surface area contributed by atoms with E-state index in [1.165, 1.54) is 11.8 Å². The Kier molecular flexibility index (Phi) is 7.82. The molecule has 0 aliphatic rings. The van der Waals surface area contributed by atoms with Crippen LogP contribution in [0.15, 0.2) is 77.7 Å². The van der Waals surface area contributed by atoms with E-state index in [-0.39, 0.29) is 28.8 Å². The number of benzene rings is 3. The molecular weight excluding hydrogens is 461 g/mol. The predicted octanol–water partition coefficient (Wildman–Crippen LogP) is 6.27. The Labute approximate surface area is 192 Å². The van der Waals surface area contributed by atoms with Crippen molar-refractivity contribution in [2.75, 3.05) is 16.4 Å². The molecule has 4 nitrogen and oxygen atoms in total. The summed E-state index contributed by atoms with van der Waals surface area (Å²) in [7, 11) is 0. The molecule has 2 N–H and O–H groups in total. The van der Waals surface area contributed by atoms with Crippen LogP contribution >= 0.6 is 23.4 Å². The Balaban J connectivity index is 1.56. The smallest absolute Gasteiger partial charge is 0.326 e. The van der Waals surface area contributed by atoms with Crippen molar-refractivity contribution < 1.29 is 22.8 Å². The molecule has 0 bridgehead atoms. The zero-order chi connectivity index (χ0) is 23.1. The van der Waals surface area contributed by atoms with E-state index < -0.39 is 17.6 Å². The first-order valence-corrected chi connectivity index (χ1v) is 10.8. The van der Waals surface area contributed by atoms with Crippen LogP contribution in [0, 0.1) is 0 Å². The van der Waals surface area contributed by atoms with Crippen LogP contribution in [0.3, 0.4) is 0 Å². The zero-order valence-corrected chi connectivity index (χ0v) is 18.2. The van der Waals surface area contributed by atoms with Gasteiger partial charge in [0, 0.05) is 10.6 Å². The fourth-order valence-electron chi connectivity index (χ4n) is 2.78. The standard InChI is InChI=1S/C23H18ClF3N2O2S/c24-19-10-9-16(23(25,26)27)12-20(19)29-22(31)14-32-18-8-4-7-17(13-18)28-21(30)11-15-5-2-1-3-6-15/h1-10,12-13H,11,14H2,(H,28,30)(H,29,31). The summed E-state index contributed by atoms with van der Waals surface area (Å²) in [6, 6.07) is 19.0. The Bertz CT molecular complexity index is 1110. The first kappa shape index (κ1) is 23.7. The molecule has 166 valence electrons. The summed E-state index contributed by atoms with van der Waals surface area (Å²) in [6.45, 7) is 0. The summed E-state index contributed by atoms with van der Waals surface area (Å²) in [5.74, 6) is -0.724. The fraction of sp³-hybridized carbons (Fsp3) is 0.130. The van der Waals surface area contributed by atoms with Gasteiger partial charge in [-0.15, -0.1) is 11.8 Å². The number of halogens is 4. The second-order valence-corrected chi connectivity index (χ2v) is 8.22. The van der Waals surface area contributed by atoms with Crippen LogP contribution < -0.4 is 10.6 Å². The van der Waals surface area contributed by atoms with Crippen LogP contribution in [-0.4, -0.2) is 17.6 Å². The predicted molar refractivity (Wildman–Crippen MR) is 121 cm³/mol. The number of anilines is 2. The molecule has 3 rings (SSSR count). The summed E-state index contributed by atoms with van der Waals surface area (Å²) < 4.78 is 38.6. The lowest BCUT2D eigenvalue weighted by molar-refractivity contribution is -0.137. The quantitative estimate of drug-likeness (QED) is 0.393. The molecule has 3 aromatic carbocycles. The minimum atomic E-state index is -4.54. The highest BCUT2D eigenvalue weighted by Crippen LogP contribution is 2.34. The van der Waals surface area contributed by atoms with Gasteiger partial charge in [-0.25, -0.2) is 0 Å². The van der Waals surface area contributed by atoms with Crippen molar-refractivity contribution in [2.24, 2.45) is 0 Å². The highest BCUT2D eigenvalue weighted by Gasteiger charge is 2.31. The van der Waals surface area contributed by atoms with Gasteiger partial charge in [-0.1, -0.05) is 48.0 Å². The first-order valence-electron chi connectivity index (χ1n) is 9.44. The lowest BCUT2D eigenvalue weighted by Gasteiger charge is -2.12. The van der Waals surface area contributed by atoms with Gasteiger partial charge in [-0.3, -0.25) is 9.59 Å². The number of amides is 2. The maximum Gasteiger partial charge on any atom is 0.416 e. The van der Waals surface area contributed by atoms with E-state index in [1.807, 2.05) is 30.3 Å². The van der Waals surface area contributed by atoms with Crippen molar-refractivity contribution in [1.29, 1.82) is 0 Å². The number of carbonyl (C=O) groups excluding carboxylic acids is 2. The number of hydrogen-bond acceptors (Lipinski definition) is 3. The molecule has 0 saturated heterocycles. The van der Waals surface area contributed by atoms with Crippen molar-refractivity contribution in [3.8, 4) is 0 Å². The van der Waals surface area contributed by atoms with Gasteiger partial charge in [0.1, 0.15) is 0 Å². The lowest BCUT2D eigenvalue weighted by Crippen LogP contribution is -2.15. The third-order valence-corrected chi connectivity index (χ3v) is 5.59. The van der Waals surface area contributed by atoms with Crippen molar-refractivity contribution in [1.82, 2.24) is 0 Å². The van der Waals surface area contributed by atoms with Gasteiger partial charge in [-0.2, -0.15) is 13.2 Å². The molecule has 0 radical (unpaired) electrons. The lowest BCUT2D eigenvalue weighted by atomic mass is 10.1. The average molecular weight is 479 g/mol. The van der Waals surface area contributed by atoms with Crippen molar-refractivity contribution >= 4 is 46.6 Å². The molecule has 0 aliphatic heterocycles. The van der Waals surface area contributed by atoms with Crippen LogP contribution in [0.5, 0.6) is 0 Å². The van der Waals surface area contributed by atoms with E-state index in [0.29, 0.717) is 10.6 Å². The second kappa shape index (κ2) is 10.6. The molecule has 0 atom stereocenters. The van der Waals surface area contributed by atoms with E-state index in [9.17, 15) is 22.8 Å². The Hall–Kier alpha value is -2.97. The molecule has 0 saturated carbocycles. The molecule has 0 aliphatic carbocycles. The van der Waals surface area contributed by atoms with Gasteiger partial charge in [0.15, 0.2) is 0 Å². The molecule has 32 heavy (non-hydrogen) atoms. The minimum Gasteiger partial charge on any atom is -0.326 e. The first-order chi connectivity index (χ1) is 15.2. The third kappa shape index (κ3) is 7.03. The third-order valence-electron chi connectivity index (χ3n) is 4.26. The zero-order valence-electron chi connectivity index (χ0n) is 16.6. The maximum atomic E-state index is 12.9. The van der Waals surface area contributed by atoms with E-state index in [2.05, 4.69) is 10.6 Å². The average Bonchev–Trinajstić information content (AvgIpc) is 2.74. The van der Waals surface area contributed by atoms with E-state index in [0.717, 1.165) is 23.8 Å². The Morgan fingerprint density at radius 2 is 1.62 bits per heavy atom. The molecule has 0 spiro atoms. The number of carbonyl (C=O) groups is 2. The summed E-state index contributed by atoms with van der Waals surface area (Å²) in [5.41, 5.74) is 0.468. The van der Waals surface area contributed by atoms with Gasteiger partial charge >= 0.3 is 6.18 Å². The van der Waals surface area contributed by atoms with Gasteiger partial charge < -0.3 is 10.6 Å². The topological polar surface area (TPSA) is 58.2 Å². The number of hydrogen-bond donors (Lipinski definition) is 2. The minimum absolute atomic E-state index is 0.0134. The molecule has 0 heterocycles. The fourth-order valence-corrected chi connectivity index (χ4v) is 3.70. The van der Waals surface area contributed by atoms with E-state index in [1.54, 1.807) is 24.3 Å². The van der Waals surface area contributed by atoms with Crippen molar-refractivity contribution in [3.05, 3.63) is 88.9 Å². The molecule has 3 aromatic rings. The van der Waals surface area contributed by atoms with Crippen LogP contribution in [0.1, 0.15) is 11.1 Å². The second-order valence-electron chi connectivity index (χ2n) is 6.77. The molecular formula is C23H18ClF3N2O2S. The number of alkyl halides is 3. The van der Waals surface area contributed by atoms with Crippen molar-refractivity contribution in [3.63, 3.8) is 0 Å². The monoisotopic (exact) mass is 478 g/mol. The number of nitrogens with one attached hydrogen (secondary N) is 2. The van der Waals surface area contributed by atoms with Gasteiger partial charge in [0.2, 0.25) is 11.8 Å². The molecule has 0 unspecified atom stereocenters. The Morgan fingerprint density at radius 1 is 0.875 bits per heavy atom.